The fourth-order valence-corrected chi connectivity index (χ4v) is 1.51. The van der Waals surface area contributed by atoms with E-state index in [2.05, 4.69) is 15.2 Å². The molecule has 0 saturated carbocycles. The highest BCUT2D eigenvalue weighted by Crippen LogP contribution is 2.06. The number of aromatic nitrogens is 3. The molecule has 0 aliphatic rings. The number of aliphatic hydroxyl groups excluding tert-OH is 1. The molecule has 0 unspecified atom stereocenters. The maximum atomic E-state index is 8.82. The first-order valence-electron chi connectivity index (χ1n) is 5.83. The topological polar surface area (TPSA) is 68.1 Å². The number of hydrogen-bond donors (Lipinski definition) is 1. The molecule has 2 aromatic rings. The number of aryl methyl sites for hydroxylation is 1. The van der Waals surface area contributed by atoms with Gasteiger partial charge in [0.15, 0.2) is 0 Å². The van der Waals surface area contributed by atoms with Gasteiger partial charge in [-0.1, -0.05) is 0 Å². The van der Waals surface area contributed by atoms with Crippen LogP contribution in [0.25, 0.3) is 0 Å². The van der Waals surface area contributed by atoms with E-state index in [-0.39, 0.29) is 6.61 Å². The summed E-state index contributed by atoms with van der Waals surface area (Å²) >= 11 is 0. The van der Waals surface area contributed by atoms with Crippen LogP contribution in [0.1, 0.15) is 17.7 Å². The van der Waals surface area contributed by atoms with E-state index in [0.717, 1.165) is 12.8 Å². The van der Waals surface area contributed by atoms with Crippen molar-refractivity contribution < 1.29 is 9.84 Å². The van der Waals surface area contributed by atoms with Crippen molar-refractivity contribution in [2.75, 3.05) is 6.61 Å². The lowest BCUT2D eigenvalue weighted by atomic mass is 10.1. The number of nitrogens with zero attached hydrogens (tertiary/aromatic N) is 3. The zero-order chi connectivity index (χ0) is 12.6. The van der Waals surface area contributed by atoms with Gasteiger partial charge in [0.1, 0.15) is 0 Å². The molecule has 0 radical (unpaired) electrons. The molecule has 0 aliphatic carbocycles. The van der Waals surface area contributed by atoms with Crippen LogP contribution in [0.3, 0.4) is 0 Å². The first-order chi connectivity index (χ1) is 8.88. The Kier molecular flexibility index (Phi) is 4.60. The SMILES string of the molecule is OCc1ccc(OCCCc2ccncc2)nn1. The lowest BCUT2D eigenvalue weighted by Crippen LogP contribution is -2.02. The number of pyridine rings is 1. The summed E-state index contributed by atoms with van der Waals surface area (Å²) in [6.07, 6.45) is 5.43. The van der Waals surface area contributed by atoms with Crippen molar-refractivity contribution in [2.24, 2.45) is 0 Å². The third kappa shape index (κ3) is 3.78. The summed E-state index contributed by atoms with van der Waals surface area (Å²) in [6, 6.07) is 7.40. The molecule has 5 heteroatoms. The van der Waals surface area contributed by atoms with Crippen molar-refractivity contribution in [3.63, 3.8) is 0 Å². The summed E-state index contributed by atoms with van der Waals surface area (Å²) in [4.78, 5) is 3.97. The molecule has 1 N–H and O–H groups in total. The third-order valence-corrected chi connectivity index (χ3v) is 2.47. The maximum Gasteiger partial charge on any atom is 0.233 e. The Morgan fingerprint density at radius 2 is 1.89 bits per heavy atom. The van der Waals surface area contributed by atoms with E-state index in [0.29, 0.717) is 18.2 Å². The Bertz CT molecular complexity index is 459. The van der Waals surface area contributed by atoms with E-state index >= 15 is 0 Å². The molecule has 0 bridgehead atoms. The zero-order valence-electron chi connectivity index (χ0n) is 9.99. The minimum absolute atomic E-state index is 0.102. The maximum absolute atomic E-state index is 8.82. The molecule has 0 saturated heterocycles. The molecule has 2 aromatic heterocycles. The van der Waals surface area contributed by atoms with Crippen molar-refractivity contribution in [1.82, 2.24) is 15.2 Å². The second kappa shape index (κ2) is 6.66. The highest BCUT2D eigenvalue weighted by molar-refractivity contribution is 5.11. The molecular formula is C13H15N3O2. The molecule has 0 fully saturated rings. The van der Waals surface area contributed by atoms with Gasteiger partial charge in [0.2, 0.25) is 5.88 Å². The third-order valence-electron chi connectivity index (χ3n) is 2.47. The highest BCUT2D eigenvalue weighted by Gasteiger charge is 1.98. The van der Waals surface area contributed by atoms with Crippen LogP contribution >= 0.6 is 0 Å². The van der Waals surface area contributed by atoms with Crippen LogP contribution in [0.2, 0.25) is 0 Å². The molecule has 2 rings (SSSR count). The Hall–Kier alpha value is -2.01. The minimum atomic E-state index is -0.102. The molecule has 2 heterocycles. The number of aliphatic hydroxyl groups is 1. The summed E-state index contributed by atoms with van der Waals surface area (Å²) in [5.74, 6) is 0.488. The molecule has 0 spiro atoms. The fraction of sp³-hybridized carbons (Fsp3) is 0.308. The summed E-state index contributed by atoms with van der Waals surface area (Å²) in [6.45, 7) is 0.491. The van der Waals surface area contributed by atoms with Crippen molar-refractivity contribution in [3.8, 4) is 5.88 Å². The Morgan fingerprint density at radius 1 is 1.06 bits per heavy atom. The summed E-state index contributed by atoms with van der Waals surface area (Å²) in [7, 11) is 0. The van der Waals surface area contributed by atoms with Crippen LogP contribution in [0.4, 0.5) is 0 Å². The Balaban J connectivity index is 1.72. The van der Waals surface area contributed by atoms with Gasteiger partial charge in [0.05, 0.1) is 18.9 Å². The fourth-order valence-electron chi connectivity index (χ4n) is 1.51. The van der Waals surface area contributed by atoms with Crippen molar-refractivity contribution >= 4 is 0 Å². The number of rotatable bonds is 6. The predicted molar refractivity (Wildman–Crippen MR) is 66.0 cm³/mol. The van der Waals surface area contributed by atoms with Crippen LogP contribution in [0.5, 0.6) is 5.88 Å². The monoisotopic (exact) mass is 245 g/mol. The van der Waals surface area contributed by atoms with E-state index in [4.69, 9.17) is 9.84 Å². The molecule has 0 atom stereocenters. The molecule has 94 valence electrons. The van der Waals surface area contributed by atoms with Crippen LogP contribution in [-0.4, -0.2) is 26.9 Å². The quantitative estimate of drug-likeness (QED) is 0.778. The predicted octanol–water partition coefficient (Wildman–Crippen LogP) is 1.38. The first kappa shape index (κ1) is 12.4. The van der Waals surface area contributed by atoms with Crippen LogP contribution in [-0.2, 0) is 13.0 Å². The van der Waals surface area contributed by atoms with Crippen molar-refractivity contribution in [2.45, 2.75) is 19.4 Å². The second-order valence-electron chi connectivity index (χ2n) is 3.83. The van der Waals surface area contributed by atoms with Crippen molar-refractivity contribution in [1.29, 1.82) is 0 Å². The smallest absolute Gasteiger partial charge is 0.233 e. The van der Waals surface area contributed by atoms with E-state index in [9.17, 15) is 0 Å². The molecule has 0 aromatic carbocycles. The zero-order valence-corrected chi connectivity index (χ0v) is 9.99. The van der Waals surface area contributed by atoms with Gasteiger partial charge < -0.3 is 9.84 Å². The van der Waals surface area contributed by atoms with Crippen molar-refractivity contribution in [3.05, 3.63) is 47.9 Å². The average molecular weight is 245 g/mol. The first-order valence-corrected chi connectivity index (χ1v) is 5.83. The van der Waals surface area contributed by atoms with Gasteiger partial charge in [0.25, 0.3) is 0 Å². The van der Waals surface area contributed by atoms with Crippen LogP contribution in [0.15, 0.2) is 36.7 Å². The van der Waals surface area contributed by atoms with E-state index in [1.54, 1.807) is 24.5 Å². The molecule has 18 heavy (non-hydrogen) atoms. The van der Waals surface area contributed by atoms with Gasteiger partial charge in [0, 0.05) is 18.5 Å². The molecule has 5 nitrogen and oxygen atoms in total. The molecule has 0 aliphatic heterocycles. The second-order valence-corrected chi connectivity index (χ2v) is 3.83. The van der Waals surface area contributed by atoms with E-state index in [1.165, 1.54) is 5.56 Å². The Morgan fingerprint density at radius 3 is 2.56 bits per heavy atom. The molecular weight excluding hydrogens is 230 g/mol. The van der Waals surface area contributed by atoms with Crippen LogP contribution < -0.4 is 4.74 Å². The normalized spacial score (nSPS) is 10.3. The van der Waals surface area contributed by atoms with Gasteiger partial charge >= 0.3 is 0 Å². The summed E-state index contributed by atoms with van der Waals surface area (Å²) < 4.78 is 5.46. The average Bonchev–Trinajstić information content (AvgIpc) is 2.45. The number of hydrogen-bond acceptors (Lipinski definition) is 5. The van der Waals surface area contributed by atoms with Gasteiger partial charge in [-0.15, -0.1) is 10.2 Å². The van der Waals surface area contributed by atoms with Gasteiger partial charge in [-0.25, -0.2) is 0 Å². The highest BCUT2D eigenvalue weighted by atomic mass is 16.5. The van der Waals surface area contributed by atoms with Gasteiger partial charge in [-0.2, -0.15) is 0 Å². The van der Waals surface area contributed by atoms with E-state index in [1.807, 2.05) is 12.1 Å². The summed E-state index contributed by atoms with van der Waals surface area (Å²) in [5, 5.41) is 16.5. The van der Waals surface area contributed by atoms with Gasteiger partial charge in [-0.05, 0) is 36.6 Å². The molecule has 0 amide bonds. The number of ether oxygens (including phenoxy) is 1. The lowest BCUT2D eigenvalue weighted by Gasteiger charge is -2.04. The minimum Gasteiger partial charge on any atom is -0.477 e. The Labute approximate surface area is 105 Å². The standard InChI is InChI=1S/C13H15N3O2/c17-10-12-3-4-13(16-15-12)18-9-1-2-11-5-7-14-8-6-11/h3-8,17H,1-2,9-10H2. The van der Waals surface area contributed by atoms with E-state index < -0.39 is 0 Å². The lowest BCUT2D eigenvalue weighted by molar-refractivity contribution is 0.270. The van der Waals surface area contributed by atoms with Gasteiger partial charge in [-0.3, -0.25) is 4.98 Å². The van der Waals surface area contributed by atoms with Crippen LogP contribution in [0, 0.1) is 0 Å². The largest absolute Gasteiger partial charge is 0.477 e. The summed E-state index contributed by atoms with van der Waals surface area (Å²) in [5.41, 5.74) is 1.79.